The minimum absolute atomic E-state index is 0.144. The van der Waals surface area contributed by atoms with E-state index in [2.05, 4.69) is 11.1 Å². The number of nitrogens with zero attached hydrogens (tertiary/aromatic N) is 4. The van der Waals surface area contributed by atoms with E-state index in [1.165, 1.54) is 0 Å². The van der Waals surface area contributed by atoms with Crippen molar-refractivity contribution in [2.24, 2.45) is 7.05 Å². The zero-order valence-electron chi connectivity index (χ0n) is 15.5. The molecule has 0 saturated heterocycles. The van der Waals surface area contributed by atoms with Gasteiger partial charge in [-0.15, -0.1) is 0 Å². The van der Waals surface area contributed by atoms with E-state index in [-0.39, 0.29) is 24.3 Å². The van der Waals surface area contributed by atoms with Crippen LogP contribution in [0.2, 0.25) is 0 Å². The highest BCUT2D eigenvalue weighted by Crippen LogP contribution is 2.30. The van der Waals surface area contributed by atoms with Crippen molar-refractivity contribution in [1.82, 2.24) is 14.5 Å². The summed E-state index contributed by atoms with van der Waals surface area (Å²) in [4.78, 5) is 19.1. The topological polar surface area (TPSA) is 84.3 Å². The minimum Gasteiger partial charge on any atom is -0.484 e. The number of benzene rings is 1. The molecule has 1 aromatic carbocycles. The molecule has 1 saturated carbocycles. The van der Waals surface area contributed by atoms with Crippen molar-refractivity contribution in [3.8, 4) is 11.8 Å². The van der Waals surface area contributed by atoms with Gasteiger partial charge >= 0.3 is 0 Å². The molecular weight excluding hydrogens is 356 g/mol. The summed E-state index contributed by atoms with van der Waals surface area (Å²) in [5.41, 5.74) is 0.459. The molecule has 0 unspecified atom stereocenters. The predicted octanol–water partition coefficient (Wildman–Crippen LogP) is 3.27. The number of hydrogen-bond donors (Lipinski definition) is 0. The number of furan rings is 1. The molecule has 1 amide bonds. The first-order valence-corrected chi connectivity index (χ1v) is 9.13. The van der Waals surface area contributed by atoms with Crippen molar-refractivity contribution < 1.29 is 13.9 Å². The Labute approximate surface area is 162 Å². The van der Waals surface area contributed by atoms with E-state index in [0.717, 1.165) is 18.7 Å². The highest BCUT2D eigenvalue weighted by molar-refractivity contribution is 5.92. The van der Waals surface area contributed by atoms with Crippen LogP contribution in [0.4, 0.5) is 0 Å². The maximum atomic E-state index is 13.0. The number of ether oxygens (including phenoxy) is 1. The number of aryl methyl sites for hydroxylation is 1. The molecule has 0 radical (unpaired) electrons. The third kappa shape index (κ3) is 3.76. The monoisotopic (exact) mass is 376 g/mol. The minimum atomic E-state index is -0.144. The van der Waals surface area contributed by atoms with Gasteiger partial charge in [0.25, 0.3) is 5.91 Å². The molecule has 2 heterocycles. The smallest absolute Gasteiger partial charge is 0.290 e. The first-order valence-electron chi connectivity index (χ1n) is 9.13. The van der Waals surface area contributed by atoms with Gasteiger partial charge in [-0.1, -0.05) is 12.1 Å². The van der Waals surface area contributed by atoms with E-state index < -0.39 is 0 Å². The fourth-order valence-electron chi connectivity index (χ4n) is 3.00. The standard InChI is InChI=1S/C21H20N4O3/c1-24-11-10-23-20(24)13-25(16-6-7-16)21(26)19-9-8-17(28-19)14-27-18-5-3-2-4-15(18)12-22/h2-5,8-11,16H,6-7,13-14H2,1H3. The van der Waals surface area contributed by atoms with Crippen LogP contribution in [-0.2, 0) is 20.2 Å². The molecule has 3 aromatic rings. The van der Waals surface area contributed by atoms with Crippen molar-refractivity contribution in [3.63, 3.8) is 0 Å². The van der Waals surface area contributed by atoms with E-state index in [4.69, 9.17) is 14.4 Å². The van der Waals surface area contributed by atoms with Crippen molar-refractivity contribution in [2.45, 2.75) is 32.0 Å². The van der Waals surface area contributed by atoms with Crippen molar-refractivity contribution in [1.29, 1.82) is 5.26 Å². The molecule has 1 aliphatic rings. The summed E-state index contributed by atoms with van der Waals surface area (Å²) in [5, 5.41) is 9.13. The number of amides is 1. The van der Waals surface area contributed by atoms with Crippen LogP contribution in [0.3, 0.4) is 0 Å². The molecule has 7 heteroatoms. The molecule has 0 spiro atoms. The molecule has 0 N–H and O–H groups in total. The number of hydrogen-bond acceptors (Lipinski definition) is 5. The lowest BCUT2D eigenvalue weighted by Gasteiger charge is -2.20. The third-order valence-corrected chi connectivity index (χ3v) is 4.73. The fourth-order valence-corrected chi connectivity index (χ4v) is 3.00. The van der Waals surface area contributed by atoms with Crippen LogP contribution in [0.5, 0.6) is 5.75 Å². The van der Waals surface area contributed by atoms with Crippen LogP contribution in [0.25, 0.3) is 0 Å². The molecule has 28 heavy (non-hydrogen) atoms. The largest absolute Gasteiger partial charge is 0.484 e. The van der Waals surface area contributed by atoms with Gasteiger partial charge in [-0.3, -0.25) is 4.79 Å². The summed E-state index contributed by atoms with van der Waals surface area (Å²) < 4.78 is 13.3. The Morgan fingerprint density at radius 2 is 2.18 bits per heavy atom. The number of aromatic nitrogens is 2. The van der Waals surface area contributed by atoms with Crippen LogP contribution in [0.15, 0.2) is 53.2 Å². The van der Waals surface area contributed by atoms with E-state index in [1.54, 1.807) is 42.6 Å². The van der Waals surface area contributed by atoms with Gasteiger partial charge in [0.2, 0.25) is 0 Å². The second-order valence-corrected chi connectivity index (χ2v) is 6.78. The van der Waals surface area contributed by atoms with Crippen LogP contribution in [0, 0.1) is 11.3 Å². The Morgan fingerprint density at radius 1 is 1.36 bits per heavy atom. The zero-order chi connectivity index (χ0) is 19.5. The number of carbonyl (C=O) groups excluding carboxylic acids is 1. The number of imidazole rings is 1. The fraction of sp³-hybridized carbons (Fsp3) is 0.286. The summed E-state index contributed by atoms with van der Waals surface area (Å²) >= 11 is 0. The maximum Gasteiger partial charge on any atom is 0.290 e. The van der Waals surface area contributed by atoms with Crippen molar-refractivity contribution in [3.05, 3.63) is 71.7 Å². The molecule has 0 aliphatic heterocycles. The summed E-state index contributed by atoms with van der Waals surface area (Å²) in [5.74, 6) is 2.00. The lowest BCUT2D eigenvalue weighted by Crippen LogP contribution is -2.33. The highest BCUT2D eigenvalue weighted by atomic mass is 16.5. The third-order valence-electron chi connectivity index (χ3n) is 4.73. The summed E-state index contributed by atoms with van der Waals surface area (Å²) in [6.07, 6.45) is 5.59. The number of para-hydroxylation sites is 1. The summed E-state index contributed by atoms with van der Waals surface area (Å²) in [6.45, 7) is 0.601. The molecule has 0 bridgehead atoms. The Balaban J connectivity index is 1.44. The second kappa shape index (κ2) is 7.61. The van der Waals surface area contributed by atoms with Crippen molar-refractivity contribution in [2.75, 3.05) is 0 Å². The number of rotatable bonds is 7. The molecule has 142 valence electrons. The first-order chi connectivity index (χ1) is 13.7. The van der Waals surface area contributed by atoms with E-state index >= 15 is 0 Å². The molecule has 4 rings (SSSR count). The van der Waals surface area contributed by atoms with Crippen molar-refractivity contribution >= 4 is 5.91 Å². The van der Waals surface area contributed by atoms with Crippen LogP contribution >= 0.6 is 0 Å². The van der Waals surface area contributed by atoms with Gasteiger partial charge in [0, 0.05) is 25.5 Å². The van der Waals surface area contributed by atoms with Crippen LogP contribution in [-0.4, -0.2) is 26.4 Å². The van der Waals surface area contributed by atoms with Crippen LogP contribution < -0.4 is 4.74 Å². The molecular formula is C21H20N4O3. The maximum absolute atomic E-state index is 13.0. The Morgan fingerprint density at radius 3 is 2.89 bits per heavy atom. The Hall–Kier alpha value is -3.53. The molecule has 1 aliphatic carbocycles. The molecule has 0 atom stereocenters. The number of nitriles is 1. The van der Waals surface area contributed by atoms with Gasteiger partial charge in [-0.25, -0.2) is 4.98 Å². The average Bonchev–Trinajstić information content (AvgIpc) is 3.30. The lowest BCUT2D eigenvalue weighted by molar-refractivity contribution is 0.0687. The van der Waals surface area contributed by atoms with Gasteiger partial charge in [0.1, 0.15) is 30.0 Å². The number of carbonyl (C=O) groups is 1. The Bertz CT molecular complexity index is 1030. The molecule has 7 nitrogen and oxygen atoms in total. The van der Waals surface area contributed by atoms with E-state index in [0.29, 0.717) is 23.6 Å². The van der Waals surface area contributed by atoms with E-state index in [1.807, 2.05) is 22.7 Å². The predicted molar refractivity (Wildman–Crippen MR) is 100 cm³/mol. The van der Waals surface area contributed by atoms with Gasteiger partial charge in [-0.2, -0.15) is 5.26 Å². The van der Waals surface area contributed by atoms with Gasteiger partial charge in [-0.05, 0) is 37.1 Å². The average molecular weight is 376 g/mol. The summed E-state index contributed by atoms with van der Waals surface area (Å²) in [7, 11) is 1.92. The van der Waals surface area contributed by atoms with E-state index in [9.17, 15) is 4.79 Å². The highest BCUT2D eigenvalue weighted by Gasteiger charge is 2.35. The zero-order valence-corrected chi connectivity index (χ0v) is 15.5. The Kier molecular flexibility index (Phi) is 4.85. The molecule has 1 fully saturated rings. The quantitative estimate of drug-likeness (QED) is 0.632. The van der Waals surface area contributed by atoms with Gasteiger partial charge in [0.15, 0.2) is 5.76 Å². The molecule has 2 aromatic heterocycles. The van der Waals surface area contributed by atoms with Gasteiger partial charge in [0.05, 0.1) is 12.1 Å². The first kappa shape index (κ1) is 17.9. The summed E-state index contributed by atoms with van der Waals surface area (Å²) in [6, 6.07) is 12.7. The van der Waals surface area contributed by atoms with Crippen LogP contribution in [0.1, 0.15) is 40.5 Å². The second-order valence-electron chi connectivity index (χ2n) is 6.78. The SMILES string of the molecule is Cn1ccnc1CN(C(=O)c1ccc(COc2ccccc2C#N)o1)C1CC1. The normalized spacial score (nSPS) is 13.1. The van der Waals surface area contributed by atoms with Gasteiger partial charge < -0.3 is 18.6 Å². The lowest BCUT2D eigenvalue weighted by atomic mass is 10.2.